The Kier molecular flexibility index (Phi) is 11.1. The number of fused-ring (bicyclic) bond motifs is 5. The number of aromatic amines is 2. The summed E-state index contributed by atoms with van der Waals surface area (Å²) < 4.78 is 43.8. The minimum atomic E-state index is -1.25. The number of aliphatic hydroxyl groups excluding tert-OH is 1. The summed E-state index contributed by atoms with van der Waals surface area (Å²) >= 11 is 1.78. The van der Waals surface area contributed by atoms with Gasteiger partial charge in [0.05, 0.1) is 65.6 Å². The van der Waals surface area contributed by atoms with Crippen LogP contribution in [0.1, 0.15) is 98.5 Å². The van der Waals surface area contributed by atoms with Crippen molar-refractivity contribution in [3.8, 4) is 39.5 Å². The highest BCUT2D eigenvalue weighted by atomic mass is 32.1. The summed E-state index contributed by atoms with van der Waals surface area (Å²) in [5.74, 6) is 1.68. The van der Waals surface area contributed by atoms with E-state index in [9.17, 15) is 19.1 Å². The molecule has 64 heavy (non-hydrogen) atoms. The number of amides is 2. The summed E-state index contributed by atoms with van der Waals surface area (Å²) in [4.78, 5) is 47.6. The minimum absolute atomic E-state index is 0.0746. The highest BCUT2D eigenvalue weighted by Crippen LogP contribution is 2.50. The Hall–Kier alpha value is -5.62. The van der Waals surface area contributed by atoms with Crippen LogP contribution in [0.5, 0.6) is 5.75 Å². The normalized spacial score (nSPS) is 23.5. The van der Waals surface area contributed by atoms with Gasteiger partial charge in [-0.2, -0.15) is 0 Å². The fourth-order valence-corrected chi connectivity index (χ4v) is 10.8. The van der Waals surface area contributed by atoms with E-state index in [1.807, 2.05) is 39.0 Å². The number of aromatic nitrogens is 5. The Bertz CT molecular complexity index is 2710. The molecule has 14 nitrogen and oxygen atoms in total. The SMILES string of the molecule is CC[C@H](N)C(O)N1CC(F)C[C@H]1c1ncc(-c2ccc3c(c2)cc2n3C(c3ccc(C4CC4)s3)Oc3cc(-c4cnc([C@@H]5CC(F)CN5C(=O)[C@@H](NC(=O)OC)C(C)C)[nH]4)ccc3-2)[nH]1. The Morgan fingerprint density at radius 2 is 1.62 bits per heavy atom. The van der Waals surface area contributed by atoms with Crippen LogP contribution in [0.3, 0.4) is 0 Å². The van der Waals surface area contributed by atoms with Gasteiger partial charge in [0.1, 0.15) is 42.0 Å². The van der Waals surface area contributed by atoms with Gasteiger partial charge >= 0.3 is 6.09 Å². The maximum atomic E-state index is 15.1. The predicted molar refractivity (Wildman–Crippen MR) is 239 cm³/mol. The molecule has 2 aromatic carbocycles. The number of alkyl carbamates (subject to hydrolysis) is 1. The molecule has 2 amide bonds. The second-order valence-electron chi connectivity index (χ2n) is 18.0. The van der Waals surface area contributed by atoms with Gasteiger partial charge in [-0.1, -0.05) is 32.9 Å². The van der Waals surface area contributed by atoms with Crippen LogP contribution in [0.15, 0.2) is 67.0 Å². The van der Waals surface area contributed by atoms with Gasteiger partial charge in [0.15, 0.2) is 0 Å². The van der Waals surface area contributed by atoms with Crippen LogP contribution in [-0.2, 0) is 9.53 Å². The van der Waals surface area contributed by atoms with E-state index in [2.05, 4.69) is 66.2 Å². The third kappa shape index (κ3) is 7.65. The van der Waals surface area contributed by atoms with E-state index in [-0.39, 0.29) is 31.8 Å². The van der Waals surface area contributed by atoms with Gasteiger partial charge in [-0.3, -0.25) is 14.3 Å². The standard InChI is InChI=1S/C47H53F2N9O5S/c1-5-31(50)44(59)56-21-28(48)17-36(56)42-51-19-32(53-42)25-9-11-34-27(14-25)15-35-30-10-8-26(16-38(30)63-46(58(34)35)40-13-12-39(64-40)24-6-7-24)33-20-52-43(54-33)37-18-29(49)22-57(37)45(60)41(23(2)3)55-47(61)62-4/h8-16,19-20,23-24,28-29,31,36-37,41,44,46,59H,5-7,17-18,21-22,50H2,1-4H3,(H,51,53)(H,52,54)(H,55,61)/t28?,29?,31-,36-,37-,41-,44?,46?/m0/s1. The lowest BCUT2D eigenvalue weighted by Crippen LogP contribution is -2.51. The molecule has 336 valence electrons. The van der Waals surface area contributed by atoms with E-state index in [0.29, 0.717) is 35.4 Å². The van der Waals surface area contributed by atoms with Gasteiger partial charge in [0.2, 0.25) is 12.1 Å². The molecule has 3 fully saturated rings. The maximum Gasteiger partial charge on any atom is 0.407 e. The van der Waals surface area contributed by atoms with E-state index >= 15 is 4.39 Å². The fourth-order valence-electron chi connectivity index (χ4n) is 9.61. The van der Waals surface area contributed by atoms with Gasteiger partial charge in [0.25, 0.3) is 0 Å². The van der Waals surface area contributed by atoms with Crippen molar-refractivity contribution in [3.63, 3.8) is 0 Å². The third-order valence-corrected chi connectivity index (χ3v) is 14.6. The quantitative estimate of drug-likeness (QED) is 0.0812. The van der Waals surface area contributed by atoms with E-state index in [0.717, 1.165) is 43.9 Å². The lowest BCUT2D eigenvalue weighted by molar-refractivity contribution is -0.135. The summed E-state index contributed by atoms with van der Waals surface area (Å²) in [6, 6.07) is 16.4. The van der Waals surface area contributed by atoms with Gasteiger partial charge in [-0.05, 0) is 73.6 Å². The van der Waals surface area contributed by atoms with Crippen molar-refractivity contribution in [1.82, 2.24) is 39.6 Å². The topological polar surface area (TPSA) is 180 Å². The number of thiophene rings is 1. The zero-order chi connectivity index (χ0) is 44.6. The molecule has 17 heteroatoms. The molecule has 10 rings (SSSR count). The molecule has 7 heterocycles. The molecule has 6 aromatic rings. The molecule has 0 bridgehead atoms. The van der Waals surface area contributed by atoms with Crippen molar-refractivity contribution >= 4 is 34.2 Å². The molecule has 0 radical (unpaired) electrons. The maximum absolute atomic E-state index is 15.1. The van der Waals surface area contributed by atoms with Crippen LogP contribution in [0, 0.1) is 5.92 Å². The van der Waals surface area contributed by atoms with Crippen LogP contribution in [0.4, 0.5) is 13.6 Å². The zero-order valence-corrected chi connectivity index (χ0v) is 36.9. The second kappa shape index (κ2) is 16.7. The van der Waals surface area contributed by atoms with Crippen molar-refractivity contribution in [1.29, 1.82) is 0 Å². The number of alkyl halides is 2. The summed E-state index contributed by atoms with van der Waals surface area (Å²) in [5, 5.41) is 14.6. The Morgan fingerprint density at radius 1 is 0.953 bits per heavy atom. The first kappa shape index (κ1) is 42.3. The number of carbonyl (C=O) groups excluding carboxylic acids is 2. The van der Waals surface area contributed by atoms with Crippen molar-refractivity contribution in [3.05, 3.63) is 88.4 Å². The number of nitrogens with two attached hydrogens (primary N) is 1. The Labute approximate surface area is 373 Å². The molecule has 4 aromatic heterocycles. The summed E-state index contributed by atoms with van der Waals surface area (Å²) in [7, 11) is 1.24. The molecule has 1 saturated carbocycles. The molecule has 4 aliphatic rings. The summed E-state index contributed by atoms with van der Waals surface area (Å²) in [6.07, 6.45) is 2.22. The number of hydrogen-bond acceptors (Lipinski definition) is 10. The lowest BCUT2D eigenvalue weighted by atomic mass is 10.0. The van der Waals surface area contributed by atoms with E-state index in [1.54, 1.807) is 28.6 Å². The summed E-state index contributed by atoms with van der Waals surface area (Å²) in [6.45, 7) is 5.52. The van der Waals surface area contributed by atoms with Gasteiger partial charge < -0.3 is 40.5 Å². The number of benzene rings is 2. The number of nitrogens with zero attached hydrogens (tertiary/aromatic N) is 5. The number of likely N-dealkylation sites (tertiary alicyclic amines) is 2. The number of carbonyl (C=O) groups is 2. The highest BCUT2D eigenvalue weighted by molar-refractivity contribution is 7.12. The van der Waals surface area contributed by atoms with Crippen LogP contribution in [-0.4, -0.2) is 102 Å². The van der Waals surface area contributed by atoms with Crippen molar-refractivity contribution in [2.45, 2.75) is 108 Å². The Balaban J connectivity index is 0.969. The molecule has 6 N–H and O–H groups in total. The van der Waals surface area contributed by atoms with Gasteiger partial charge in [-0.25, -0.2) is 23.5 Å². The number of halogens is 2. The van der Waals surface area contributed by atoms with Crippen molar-refractivity contribution in [2.75, 3.05) is 20.2 Å². The summed E-state index contributed by atoms with van der Waals surface area (Å²) in [5.41, 5.74) is 12.3. The third-order valence-electron chi connectivity index (χ3n) is 13.3. The van der Waals surface area contributed by atoms with Crippen molar-refractivity contribution in [2.24, 2.45) is 11.7 Å². The molecule has 8 atom stereocenters. The number of hydrogen-bond donors (Lipinski definition) is 5. The molecule has 2 saturated heterocycles. The Morgan fingerprint density at radius 3 is 2.33 bits per heavy atom. The first-order valence-corrected chi connectivity index (χ1v) is 23.0. The fraction of sp³-hybridized carbons (Fsp3) is 0.447. The average molecular weight is 894 g/mol. The largest absolute Gasteiger partial charge is 0.464 e. The highest BCUT2D eigenvalue weighted by Gasteiger charge is 2.43. The number of ether oxygens (including phenoxy) is 2. The van der Waals surface area contributed by atoms with E-state index in [1.165, 1.54) is 29.7 Å². The molecule has 3 aliphatic heterocycles. The molecular weight excluding hydrogens is 841 g/mol. The molecule has 0 spiro atoms. The van der Waals surface area contributed by atoms with Crippen LogP contribution < -0.4 is 15.8 Å². The van der Waals surface area contributed by atoms with Gasteiger partial charge in [0, 0.05) is 52.4 Å². The monoisotopic (exact) mass is 893 g/mol. The van der Waals surface area contributed by atoms with Crippen LogP contribution in [0.2, 0.25) is 0 Å². The number of imidazole rings is 2. The molecule has 4 unspecified atom stereocenters. The number of nitrogens with one attached hydrogen (secondary N) is 3. The van der Waals surface area contributed by atoms with Crippen molar-refractivity contribution < 1.29 is 33.0 Å². The van der Waals surface area contributed by atoms with Crippen LogP contribution >= 0.6 is 11.3 Å². The number of H-pyrrole nitrogens is 2. The smallest absolute Gasteiger partial charge is 0.407 e. The zero-order valence-electron chi connectivity index (χ0n) is 36.1. The van der Waals surface area contributed by atoms with E-state index in [4.69, 9.17) is 15.2 Å². The number of aliphatic hydroxyl groups is 1. The molecular formula is C47H53F2N9O5S. The lowest BCUT2D eigenvalue weighted by Gasteiger charge is -2.31. The van der Waals surface area contributed by atoms with E-state index < -0.39 is 61.0 Å². The average Bonchev–Trinajstić information content (AvgIpc) is 3.96. The minimum Gasteiger partial charge on any atom is -0.464 e. The first-order chi connectivity index (χ1) is 30.9. The van der Waals surface area contributed by atoms with Crippen LogP contribution in [0.25, 0.3) is 44.7 Å². The number of methoxy groups -OCH3 is 1. The predicted octanol–water partition coefficient (Wildman–Crippen LogP) is 8.10. The second-order valence-corrected chi connectivity index (χ2v) is 19.1. The molecule has 1 aliphatic carbocycles. The first-order valence-electron chi connectivity index (χ1n) is 22.2. The number of rotatable bonds is 12. The van der Waals surface area contributed by atoms with Gasteiger partial charge in [-0.15, -0.1) is 11.3 Å².